The van der Waals surface area contributed by atoms with Crippen molar-refractivity contribution < 1.29 is 14.3 Å². The van der Waals surface area contributed by atoms with Crippen molar-refractivity contribution in [3.63, 3.8) is 0 Å². The second-order valence-electron chi connectivity index (χ2n) is 4.73. The molecule has 108 valence electrons. The number of hydrogen-bond donors (Lipinski definition) is 1. The number of nitrogens with zero attached hydrogens (tertiary/aromatic N) is 1. The van der Waals surface area contributed by atoms with E-state index in [9.17, 15) is 9.90 Å². The van der Waals surface area contributed by atoms with E-state index in [2.05, 4.69) is 0 Å². The fourth-order valence-corrected chi connectivity index (χ4v) is 2.39. The topological polar surface area (TPSA) is 64.6 Å². The zero-order chi connectivity index (χ0) is 14.8. The van der Waals surface area contributed by atoms with E-state index >= 15 is 0 Å². The van der Waals surface area contributed by atoms with Gasteiger partial charge in [0.1, 0.15) is 5.75 Å². The number of hydrogen-bond acceptors (Lipinski definition) is 4. The van der Waals surface area contributed by atoms with Crippen LogP contribution in [0.25, 0.3) is 11.1 Å². The van der Waals surface area contributed by atoms with Crippen molar-refractivity contribution in [3.05, 3.63) is 64.1 Å². The number of benzene rings is 2. The molecular formula is C16H15NO4. The molecule has 0 radical (unpaired) electrons. The lowest BCUT2D eigenvalue weighted by atomic mass is 10.1. The maximum absolute atomic E-state index is 12.0. The van der Waals surface area contributed by atoms with Crippen LogP contribution in [-0.4, -0.2) is 16.8 Å². The molecule has 0 fully saturated rings. The first-order valence-electron chi connectivity index (χ1n) is 6.58. The molecule has 1 heterocycles. The lowest BCUT2D eigenvalue weighted by molar-refractivity contribution is 0.281. The third-order valence-corrected chi connectivity index (χ3v) is 3.43. The summed E-state index contributed by atoms with van der Waals surface area (Å²) in [6.07, 6.45) is 0. The molecule has 0 saturated carbocycles. The maximum atomic E-state index is 12.0. The summed E-state index contributed by atoms with van der Waals surface area (Å²) >= 11 is 0. The Labute approximate surface area is 121 Å². The predicted molar refractivity (Wildman–Crippen MR) is 78.5 cm³/mol. The van der Waals surface area contributed by atoms with E-state index in [0.717, 1.165) is 16.6 Å². The van der Waals surface area contributed by atoms with Crippen LogP contribution >= 0.6 is 0 Å². The van der Waals surface area contributed by atoms with Crippen LogP contribution in [0, 0.1) is 0 Å². The molecule has 1 aromatic heterocycles. The van der Waals surface area contributed by atoms with Gasteiger partial charge >= 0.3 is 5.76 Å². The number of aliphatic hydroxyl groups excluding tert-OH is 1. The molecule has 3 aromatic rings. The summed E-state index contributed by atoms with van der Waals surface area (Å²) in [4.78, 5) is 12.0. The van der Waals surface area contributed by atoms with Crippen molar-refractivity contribution in [3.8, 4) is 5.75 Å². The quantitative estimate of drug-likeness (QED) is 0.797. The summed E-state index contributed by atoms with van der Waals surface area (Å²) in [6, 6.07) is 12.7. The van der Waals surface area contributed by atoms with E-state index in [-0.39, 0.29) is 6.61 Å². The molecule has 0 saturated heterocycles. The molecule has 21 heavy (non-hydrogen) atoms. The molecule has 1 N–H and O–H groups in total. The lowest BCUT2D eigenvalue weighted by Crippen LogP contribution is -2.15. The minimum absolute atomic E-state index is 0.0575. The van der Waals surface area contributed by atoms with Crippen molar-refractivity contribution in [1.29, 1.82) is 0 Å². The van der Waals surface area contributed by atoms with Gasteiger partial charge in [-0.3, -0.25) is 4.57 Å². The van der Waals surface area contributed by atoms with Crippen LogP contribution in [0.5, 0.6) is 5.75 Å². The molecule has 5 nitrogen and oxygen atoms in total. The van der Waals surface area contributed by atoms with E-state index in [0.29, 0.717) is 17.9 Å². The molecule has 0 spiro atoms. The summed E-state index contributed by atoms with van der Waals surface area (Å²) < 4.78 is 12.1. The highest BCUT2D eigenvalue weighted by Crippen LogP contribution is 2.22. The summed E-state index contributed by atoms with van der Waals surface area (Å²) in [5.74, 6) is 0.261. The van der Waals surface area contributed by atoms with Crippen LogP contribution in [-0.2, 0) is 13.2 Å². The van der Waals surface area contributed by atoms with Gasteiger partial charge in [0.25, 0.3) is 0 Å². The highest BCUT2D eigenvalue weighted by molar-refractivity contribution is 5.72. The zero-order valence-electron chi connectivity index (χ0n) is 11.6. The molecular weight excluding hydrogens is 270 g/mol. The molecule has 5 heteroatoms. The molecule has 0 aliphatic carbocycles. The van der Waals surface area contributed by atoms with Crippen molar-refractivity contribution in [1.82, 2.24) is 4.57 Å². The summed E-state index contributed by atoms with van der Waals surface area (Å²) in [5, 5.41) is 9.25. The molecule has 0 aliphatic heterocycles. The Balaban J connectivity index is 2.10. The molecule has 0 atom stereocenters. The molecule has 0 unspecified atom stereocenters. The molecule has 0 aliphatic rings. The average Bonchev–Trinajstić information content (AvgIpc) is 2.83. The summed E-state index contributed by atoms with van der Waals surface area (Å²) in [5.41, 5.74) is 2.88. The summed E-state index contributed by atoms with van der Waals surface area (Å²) in [6.45, 7) is 0.269. The van der Waals surface area contributed by atoms with Gasteiger partial charge < -0.3 is 14.3 Å². The van der Waals surface area contributed by atoms with E-state index < -0.39 is 5.76 Å². The number of para-hydroxylation sites is 2. The molecule has 3 rings (SSSR count). The van der Waals surface area contributed by atoms with Gasteiger partial charge in [-0.1, -0.05) is 18.2 Å². The van der Waals surface area contributed by atoms with Gasteiger partial charge in [0.05, 0.1) is 25.8 Å². The van der Waals surface area contributed by atoms with Crippen LogP contribution < -0.4 is 10.5 Å². The van der Waals surface area contributed by atoms with Crippen LogP contribution in [0.1, 0.15) is 11.1 Å². The number of ether oxygens (including phenoxy) is 1. The normalized spacial score (nSPS) is 11.0. The Morgan fingerprint density at radius 2 is 2.05 bits per heavy atom. The second-order valence-corrected chi connectivity index (χ2v) is 4.73. The first kappa shape index (κ1) is 13.5. The Kier molecular flexibility index (Phi) is 3.50. The van der Waals surface area contributed by atoms with Crippen molar-refractivity contribution >= 4 is 11.1 Å². The number of aromatic nitrogens is 1. The third kappa shape index (κ3) is 2.43. The van der Waals surface area contributed by atoms with Gasteiger partial charge in [-0.05, 0) is 29.8 Å². The average molecular weight is 285 g/mol. The van der Waals surface area contributed by atoms with E-state index in [1.165, 1.54) is 0 Å². The fraction of sp³-hybridized carbons (Fsp3) is 0.188. The van der Waals surface area contributed by atoms with Crippen LogP contribution in [0.4, 0.5) is 0 Å². The SMILES string of the molecule is COc1ccc(CO)cc1Cn1c(=O)oc2ccccc21. The minimum atomic E-state index is -0.410. The predicted octanol–water partition coefficient (Wildman–Crippen LogP) is 2.14. The first-order chi connectivity index (χ1) is 10.2. The van der Waals surface area contributed by atoms with Gasteiger partial charge in [0.15, 0.2) is 5.58 Å². The van der Waals surface area contributed by atoms with Crippen molar-refractivity contribution in [2.45, 2.75) is 13.2 Å². The largest absolute Gasteiger partial charge is 0.496 e. The Morgan fingerprint density at radius 1 is 1.24 bits per heavy atom. The van der Waals surface area contributed by atoms with Crippen LogP contribution in [0.2, 0.25) is 0 Å². The van der Waals surface area contributed by atoms with Gasteiger partial charge in [0.2, 0.25) is 0 Å². The Morgan fingerprint density at radius 3 is 2.81 bits per heavy atom. The smallest absolute Gasteiger partial charge is 0.420 e. The lowest BCUT2D eigenvalue weighted by Gasteiger charge is -2.10. The zero-order valence-corrected chi connectivity index (χ0v) is 11.6. The monoisotopic (exact) mass is 285 g/mol. The maximum Gasteiger partial charge on any atom is 0.420 e. The number of methoxy groups -OCH3 is 1. The number of rotatable bonds is 4. The van der Waals surface area contributed by atoms with Crippen LogP contribution in [0.15, 0.2) is 51.7 Å². The number of oxazole rings is 1. The Hall–Kier alpha value is -2.53. The van der Waals surface area contributed by atoms with Gasteiger partial charge in [-0.2, -0.15) is 0 Å². The Bertz CT molecular complexity index is 832. The third-order valence-electron chi connectivity index (χ3n) is 3.43. The highest BCUT2D eigenvalue weighted by atomic mass is 16.5. The molecule has 2 aromatic carbocycles. The summed E-state index contributed by atoms with van der Waals surface area (Å²) in [7, 11) is 1.58. The van der Waals surface area contributed by atoms with Gasteiger partial charge in [0, 0.05) is 5.56 Å². The first-order valence-corrected chi connectivity index (χ1v) is 6.58. The highest BCUT2D eigenvalue weighted by Gasteiger charge is 2.12. The van der Waals surface area contributed by atoms with Crippen LogP contribution in [0.3, 0.4) is 0 Å². The van der Waals surface area contributed by atoms with E-state index in [1.807, 2.05) is 24.3 Å². The molecule has 0 bridgehead atoms. The number of fused-ring (bicyclic) bond motifs is 1. The van der Waals surface area contributed by atoms with Gasteiger partial charge in [-0.15, -0.1) is 0 Å². The van der Waals surface area contributed by atoms with Gasteiger partial charge in [-0.25, -0.2) is 4.79 Å². The van der Waals surface area contributed by atoms with Crippen molar-refractivity contribution in [2.24, 2.45) is 0 Å². The standard InChI is InChI=1S/C16H15NO4/c1-20-14-7-6-11(10-18)8-12(14)9-17-13-4-2-3-5-15(13)21-16(17)19/h2-8,18H,9-10H2,1H3. The minimum Gasteiger partial charge on any atom is -0.496 e. The fourth-order valence-electron chi connectivity index (χ4n) is 2.39. The van der Waals surface area contributed by atoms with E-state index in [1.54, 1.807) is 29.9 Å². The number of aliphatic hydroxyl groups is 1. The van der Waals surface area contributed by atoms with Crippen molar-refractivity contribution in [2.75, 3.05) is 7.11 Å². The second kappa shape index (κ2) is 5.46. The molecule has 0 amide bonds. The van der Waals surface area contributed by atoms with E-state index in [4.69, 9.17) is 9.15 Å².